The van der Waals surface area contributed by atoms with Crippen molar-refractivity contribution in [1.29, 1.82) is 0 Å². The maximum atomic E-state index is 12.6. The molecule has 1 aliphatic rings. The van der Waals surface area contributed by atoms with Gasteiger partial charge in [-0.25, -0.2) is 9.97 Å². The highest BCUT2D eigenvalue weighted by Crippen LogP contribution is 2.32. The molecule has 0 atom stereocenters. The van der Waals surface area contributed by atoms with Crippen molar-refractivity contribution >= 4 is 43.7 Å². The van der Waals surface area contributed by atoms with Crippen LogP contribution in [0.4, 0.5) is 5.95 Å². The number of hydrogen-bond donors (Lipinski definition) is 1. The molecule has 0 unspecified atom stereocenters. The van der Waals surface area contributed by atoms with E-state index in [9.17, 15) is 9.90 Å². The molecular weight excluding hydrogens is 428 g/mol. The van der Waals surface area contributed by atoms with Gasteiger partial charge in [0, 0.05) is 43.0 Å². The molecule has 1 aliphatic heterocycles. The second-order valence-electron chi connectivity index (χ2n) is 5.11. The molecular formula is C15H14Br2N4O2. The molecule has 2 heterocycles. The highest BCUT2D eigenvalue weighted by atomic mass is 79.9. The second-order valence-corrected chi connectivity index (χ2v) is 6.88. The zero-order chi connectivity index (χ0) is 16.4. The van der Waals surface area contributed by atoms with Crippen molar-refractivity contribution in [3.05, 3.63) is 45.1 Å². The van der Waals surface area contributed by atoms with Gasteiger partial charge in [-0.3, -0.25) is 4.79 Å². The first-order chi connectivity index (χ1) is 11.1. The first-order valence-electron chi connectivity index (χ1n) is 7.05. The molecule has 0 aliphatic carbocycles. The Morgan fingerprint density at radius 3 is 2.39 bits per heavy atom. The van der Waals surface area contributed by atoms with E-state index >= 15 is 0 Å². The summed E-state index contributed by atoms with van der Waals surface area (Å²) in [6.07, 6.45) is 3.41. The number of piperazine rings is 1. The molecule has 1 aromatic carbocycles. The Morgan fingerprint density at radius 1 is 1.09 bits per heavy atom. The van der Waals surface area contributed by atoms with E-state index in [1.165, 1.54) is 0 Å². The first-order valence-corrected chi connectivity index (χ1v) is 8.64. The Labute approximate surface area is 150 Å². The van der Waals surface area contributed by atoms with E-state index in [4.69, 9.17) is 0 Å². The summed E-state index contributed by atoms with van der Waals surface area (Å²) >= 11 is 6.60. The minimum Gasteiger partial charge on any atom is -0.506 e. The summed E-state index contributed by atoms with van der Waals surface area (Å²) in [6.45, 7) is 2.43. The Bertz CT molecular complexity index is 719. The van der Waals surface area contributed by atoms with Crippen LogP contribution in [0.5, 0.6) is 5.75 Å². The zero-order valence-electron chi connectivity index (χ0n) is 12.1. The van der Waals surface area contributed by atoms with Gasteiger partial charge < -0.3 is 14.9 Å². The van der Waals surface area contributed by atoms with E-state index in [-0.39, 0.29) is 17.2 Å². The number of aromatic hydroxyl groups is 1. The van der Waals surface area contributed by atoms with Gasteiger partial charge in [0.05, 0.1) is 10.0 Å². The molecule has 1 aromatic heterocycles. The van der Waals surface area contributed by atoms with E-state index in [0.717, 1.165) is 4.47 Å². The number of phenolic OH excluding ortho intramolecular Hbond substituents is 1. The van der Waals surface area contributed by atoms with Crippen LogP contribution in [0.3, 0.4) is 0 Å². The topological polar surface area (TPSA) is 69.6 Å². The molecule has 0 spiro atoms. The standard InChI is InChI=1S/C15H14Br2N4O2/c16-10-8-11(13(22)12(17)9-10)14(23)20-4-6-21(7-5-20)15-18-2-1-3-19-15/h1-3,8-9,22H,4-7H2. The van der Waals surface area contributed by atoms with Gasteiger partial charge in [0.1, 0.15) is 5.75 Å². The number of aromatic nitrogens is 2. The fourth-order valence-corrected chi connectivity index (χ4v) is 3.69. The van der Waals surface area contributed by atoms with Crippen molar-refractivity contribution in [3.8, 4) is 5.75 Å². The van der Waals surface area contributed by atoms with Crippen LogP contribution in [0.1, 0.15) is 10.4 Å². The van der Waals surface area contributed by atoms with Gasteiger partial charge in [0.2, 0.25) is 5.95 Å². The van der Waals surface area contributed by atoms with Crippen molar-refractivity contribution in [1.82, 2.24) is 14.9 Å². The molecule has 1 fully saturated rings. The number of rotatable bonds is 2. The van der Waals surface area contributed by atoms with E-state index in [0.29, 0.717) is 36.6 Å². The van der Waals surface area contributed by atoms with E-state index in [2.05, 4.69) is 41.8 Å². The minimum atomic E-state index is -0.182. The molecule has 120 valence electrons. The van der Waals surface area contributed by atoms with Crippen LogP contribution in [0.15, 0.2) is 39.5 Å². The summed E-state index contributed by atoms with van der Waals surface area (Å²) in [5, 5.41) is 10.1. The summed E-state index contributed by atoms with van der Waals surface area (Å²) in [5.41, 5.74) is 0.288. The van der Waals surface area contributed by atoms with Crippen molar-refractivity contribution in [2.24, 2.45) is 0 Å². The fraction of sp³-hybridized carbons (Fsp3) is 0.267. The van der Waals surface area contributed by atoms with Crippen molar-refractivity contribution < 1.29 is 9.90 Å². The Morgan fingerprint density at radius 2 is 1.74 bits per heavy atom. The van der Waals surface area contributed by atoms with Gasteiger partial charge in [0.15, 0.2) is 0 Å². The highest BCUT2D eigenvalue weighted by Gasteiger charge is 2.25. The number of anilines is 1. The molecule has 23 heavy (non-hydrogen) atoms. The Hall–Kier alpha value is -1.67. The summed E-state index contributed by atoms with van der Waals surface area (Å²) in [4.78, 5) is 24.9. The number of phenols is 1. The molecule has 3 rings (SSSR count). The van der Waals surface area contributed by atoms with Gasteiger partial charge in [-0.15, -0.1) is 0 Å². The maximum Gasteiger partial charge on any atom is 0.257 e. The number of carbonyl (C=O) groups is 1. The van der Waals surface area contributed by atoms with Crippen molar-refractivity contribution in [3.63, 3.8) is 0 Å². The number of benzene rings is 1. The molecule has 8 heteroatoms. The Balaban J connectivity index is 1.72. The molecule has 0 bridgehead atoms. The van der Waals surface area contributed by atoms with Gasteiger partial charge in [-0.2, -0.15) is 0 Å². The lowest BCUT2D eigenvalue weighted by molar-refractivity contribution is 0.0743. The third kappa shape index (κ3) is 3.48. The molecule has 0 radical (unpaired) electrons. The van der Waals surface area contributed by atoms with Crippen LogP contribution in [0.25, 0.3) is 0 Å². The van der Waals surface area contributed by atoms with Crippen LogP contribution < -0.4 is 4.90 Å². The number of nitrogens with zero attached hydrogens (tertiary/aromatic N) is 4. The van der Waals surface area contributed by atoms with Crippen LogP contribution in [-0.4, -0.2) is 52.1 Å². The summed E-state index contributed by atoms with van der Waals surface area (Å²) in [7, 11) is 0. The molecule has 6 nitrogen and oxygen atoms in total. The smallest absolute Gasteiger partial charge is 0.257 e. The number of carbonyl (C=O) groups excluding carboxylic acids is 1. The highest BCUT2D eigenvalue weighted by molar-refractivity contribution is 9.11. The predicted molar refractivity (Wildman–Crippen MR) is 93.7 cm³/mol. The largest absolute Gasteiger partial charge is 0.506 e. The zero-order valence-corrected chi connectivity index (χ0v) is 15.3. The summed E-state index contributed by atoms with van der Waals surface area (Å²) in [5.74, 6) is 0.456. The number of hydrogen-bond acceptors (Lipinski definition) is 5. The molecule has 0 saturated carbocycles. The van der Waals surface area contributed by atoms with Crippen LogP contribution in [0, 0.1) is 0 Å². The molecule has 1 N–H and O–H groups in total. The quantitative estimate of drug-likeness (QED) is 0.775. The van der Waals surface area contributed by atoms with Gasteiger partial charge >= 0.3 is 0 Å². The summed E-state index contributed by atoms with van der Waals surface area (Å²) in [6, 6.07) is 5.11. The number of amides is 1. The lowest BCUT2D eigenvalue weighted by Crippen LogP contribution is -2.49. The normalized spacial score (nSPS) is 14.9. The molecule has 2 aromatic rings. The fourth-order valence-electron chi connectivity index (χ4n) is 2.46. The van der Waals surface area contributed by atoms with Crippen LogP contribution in [0.2, 0.25) is 0 Å². The third-order valence-electron chi connectivity index (χ3n) is 3.66. The van der Waals surface area contributed by atoms with Gasteiger partial charge in [0.25, 0.3) is 5.91 Å². The molecule has 1 saturated heterocycles. The van der Waals surface area contributed by atoms with Crippen LogP contribution >= 0.6 is 31.9 Å². The van der Waals surface area contributed by atoms with Crippen molar-refractivity contribution in [2.45, 2.75) is 0 Å². The number of halogens is 2. The Kier molecular flexibility index (Phi) is 4.82. The summed E-state index contributed by atoms with van der Waals surface area (Å²) < 4.78 is 1.23. The molecule has 1 amide bonds. The van der Waals surface area contributed by atoms with E-state index in [1.807, 2.05) is 4.90 Å². The average molecular weight is 442 g/mol. The van der Waals surface area contributed by atoms with Crippen LogP contribution in [-0.2, 0) is 0 Å². The van der Waals surface area contributed by atoms with Crippen molar-refractivity contribution in [2.75, 3.05) is 31.1 Å². The average Bonchev–Trinajstić information content (AvgIpc) is 2.58. The second kappa shape index (κ2) is 6.84. The monoisotopic (exact) mass is 440 g/mol. The lowest BCUT2D eigenvalue weighted by atomic mass is 10.1. The first kappa shape index (κ1) is 16.2. The predicted octanol–water partition coefficient (Wildman–Crippen LogP) is 2.67. The van der Waals surface area contributed by atoms with E-state index in [1.54, 1.807) is 35.5 Å². The SMILES string of the molecule is O=C(c1cc(Br)cc(Br)c1O)N1CCN(c2ncccn2)CC1. The van der Waals surface area contributed by atoms with Gasteiger partial charge in [-0.1, -0.05) is 15.9 Å². The minimum absolute atomic E-state index is 0.0352. The third-order valence-corrected chi connectivity index (χ3v) is 4.72. The maximum absolute atomic E-state index is 12.6. The van der Waals surface area contributed by atoms with E-state index < -0.39 is 0 Å². The lowest BCUT2D eigenvalue weighted by Gasteiger charge is -2.34. The van der Waals surface area contributed by atoms with Gasteiger partial charge in [-0.05, 0) is 34.1 Å².